The highest BCUT2D eigenvalue weighted by atomic mass is 16.7. The number of rotatable bonds is 7. The first kappa shape index (κ1) is 25.4. The number of hydrogen-bond donors (Lipinski definition) is 0. The van der Waals surface area contributed by atoms with Crippen molar-refractivity contribution in [2.24, 2.45) is 11.8 Å². The van der Waals surface area contributed by atoms with Gasteiger partial charge in [0.1, 0.15) is 11.4 Å². The van der Waals surface area contributed by atoms with Crippen molar-refractivity contribution in [2.75, 3.05) is 20.3 Å². The summed E-state index contributed by atoms with van der Waals surface area (Å²) in [4.78, 5) is 14.0. The van der Waals surface area contributed by atoms with E-state index < -0.39 is 6.29 Å². The molecule has 0 saturated carbocycles. The minimum absolute atomic E-state index is 0.0747. The van der Waals surface area contributed by atoms with Gasteiger partial charge < -0.3 is 18.7 Å². The molecule has 3 unspecified atom stereocenters. The maximum Gasteiger partial charge on any atom is 0.188 e. The second-order valence-electron chi connectivity index (χ2n) is 10.1. The molecule has 1 aliphatic carbocycles. The Kier molecular flexibility index (Phi) is 7.92. The van der Waals surface area contributed by atoms with Crippen LogP contribution in [-0.4, -0.2) is 31.3 Å². The van der Waals surface area contributed by atoms with E-state index in [-0.39, 0.29) is 23.5 Å². The Morgan fingerprint density at radius 3 is 2.34 bits per heavy atom. The van der Waals surface area contributed by atoms with Crippen molar-refractivity contribution in [3.8, 4) is 17.0 Å². The third kappa shape index (κ3) is 5.14. The largest absolute Gasteiger partial charge is 0.496 e. The molecule has 3 atom stereocenters. The van der Waals surface area contributed by atoms with Gasteiger partial charge in [-0.25, -0.2) is 0 Å². The number of Topliss-reactive ketones (excluding diaryl/α,β-unsaturated/α-hetero) is 1. The van der Waals surface area contributed by atoms with Crippen molar-refractivity contribution in [3.05, 3.63) is 58.4 Å². The Morgan fingerprint density at radius 2 is 1.71 bits per heavy atom. The van der Waals surface area contributed by atoms with Gasteiger partial charge in [0.05, 0.1) is 31.5 Å². The molecule has 1 aromatic carbocycles. The number of allylic oxidation sites excluding steroid dienone is 4. The Balaban J connectivity index is 1.86. The van der Waals surface area contributed by atoms with Gasteiger partial charge in [-0.15, -0.1) is 0 Å². The highest BCUT2D eigenvalue weighted by molar-refractivity contribution is 6.05. The Bertz CT molecular complexity index is 1110. The molecule has 0 spiro atoms. The molecule has 0 amide bonds. The van der Waals surface area contributed by atoms with Crippen LogP contribution < -0.4 is 4.74 Å². The molecule has 1 aromatic heterocycles. The maximum absolute atomic E-state index is 14.0. The van der Waals surface area contributed by atoms with E-state index in [4.69, 9.17) is 18.7 Å². The zero-order valence-electron chi connectivity index (χ0n) is 21.7. The highest BCUT2D eigenvalue weighted by Gasteiger charge is 2.44. The van der Waals surface area contributed by atoms with E-state index in [1.165, 1.54) is 11.1 Å². The van der Waals surface area contributed by atoms with Crippen molar-refractivity contribution in [3.63, 3.8) is 0 Å². The molecule has 35 heavy (non-hydrogen) atoms. The van der Waals surface area contributed by atoms with Crippen LogP contribution in [0.3, 0.4) is 0 Å². The van der Waals surface area contributed by atoms with E-state index in [2.05, 4.69) is 51.9 Å². The lowest BCUT2D eigenvalue weighted by Crippen LogP contribution is -2.32. The van der Waals surface area contributed by atoms with Gasteiger partial charge in [-0.1, -0.05) is 47.5 Å². The van der Waals surface area contributed by atoms with Gasteiger partial charge in [0, 0.05) is 17.4 Å². The summed E-state index contributed by atoms with van der Waals surface area (Å²) in [6.45, 7) is 11.7. The lowest BCUT2D eigenvalue weighted by atomic mass is 9.68. The average molecular weight is 480 g/mol. The predicted octanol–water partition coefficient (Wildman–Crippen LogP) is 7.03. The first-order chi connectivity index (χ1) is 16.8. The van der Waals surface area contributed by atoms with Gasteiger partial charge in [0.2, 0.25) is 0 Å². The van der Waals surface area contributed by atoms with Crippen molar-refractivity contribution >= 4 is 5.78 Å². The average Bonchev–Trinajstić information content (AvgIpc) is 3.28. The molecular formula is C29H37NO5. The summed E-state index contributed by atoms with van der Waals surface area (Å²) >= 11 is 0. The van der Waals surface area contributed by atoms with Crippen LogP contribution in [0.1, 0.15) is 87.8 Å². The number of methoxy groups -OCH3 is 1. The number of hydrogen-bond acceptors (Lipinski definition) is 6. The van der Waals surface area contributed by atoms with Crippen molar-refractivity contribution in [1.29, 1.82) is 0 Å². The standard InChI is InChI=1S/C29H37NO5/c1-17(2)11-13-20-19(5)21(14-12-18(3)4)28-25(27(20)31)26(30-35-28)22-9-7-10-23(32-6)24(22)29-33-15-8-16-34-29/h7,9-12,19-21,29H,8,13-16H2,1-6H3. The molecule has 2 heterocycles. The molecule has 2 aliphatic rings. The summed E-state index contributed by atoms with van der Waals surface area (Å²) in [7, 11) is 1.63. The fourth-order valence-electron chi connectivity index (χ4n) is 5.12. The van der Waals surface area contributed by atoms with Gasteiger partial charge in [0.25, 0.3) is 0 Å². The molecular weight excluding hydrogens is 442 g/mol. The van der Waals surface area contributed by atoms with Crippen LogP contribution >= 0.6 is 0 Å². The number of ether oxygens (including phenoxy) is 3. The maximum atomic E-state index is 14.0. The van der Waals surface area contributed by atoms with Gasteiger partial charge in [-0.05, 0) is 58.9 Å². The number of aromatic nitrogens is 1. The summed E-state index contributed by atoms with van der Waals surface area (Å²) in [5.41, 5.74) is 5.10. The number of carbonyl (C=O) groups is 1. The van der Waals surface area contributed by atoms with Crippen molar-refractivity contribution in [2.45, 2.75) is 66.1 Å². The van der Waals surface area contributed by atoms with E-state index in [0.29, 0.717) is 42.4 Å². The molecule has 2 aromatic rings. The van der Waals surface area contributed by atoms with E-state index in [1.807, 2.05) is 18.2 Å². The minimum Gasteiger partial charge on any atom is -0.496 e. The second kappa shape index (κ2) is 10.9. The molecule has 6 heteroatoms. The molecule has 188 valence electrons. The highest BCUT2D eigenvalue weighted by Crippen LogP contribution is 2.48. The summed E-state index contributed by atoms with van der Waals surface area (Å²) in [5.74, 6) is 1.49. The third-order valence-corrected chi connectivity index (χ3v) is 7.07. The molecule has 1 saturated heterocycles. The summed E-state index contributed by atoms with van der Waals surface area (Å²) < 4.78 is 23.5. The third-order valence-electron chi connectivity index (χ3n) is 7.07. The predicted molar refractivity (Wildman–Crippen MR) is 136 cm³/mol. The molecule has 6 nitrogen and oxygen atoms in total. The monoisotopic (exact) mass is 479 g/mol. The molecule has 0 bridgehead atoms. The van der Waals surface area contributed by atoms with Crippen LogP contribution in [0.15, 0.2) is 46.0 Å². The quantitative estimate of drug-likeness (QED) is 0.397. The fraction of sp³-hybridized carbons (Fsp3) is 0.517. The smallest absolute Gasteiger partial charge is 0.188 e. The Hall–Kier alpha value is -2.70. The van der Waals surface area contributed by atoms with Crippen molar-refractivity contribution in [1.82, 2.24) is 5.16 Å². The molecule has 1 aliphatic heterocycles. The summed E-state index contributed by atoms with van der Waals surface area (Å²) in [6, 6.07) is 5.73. The van der Waals surface area contributed by atoms with Crippen LogP contribution in [0.2, 0.25) is 0 Å². The van der Waals surface area contributed by atoms with E-state index >= 15 is 0 Å². The topological polar surface area (TPSA) is 70.8 Å². The van der Waals surface area contributed by atoms with Crippen LogP contribution in [0.5, 0.6) is 5.75 Å². The first-order valence-corrected chi connectivity index (χ1v) is 12.5. The fourth-order valence-corrected chi connectivity index (χ4v) is 5.12. The van der Waals surface area contributed by atoms with Crippen LogP contribution in [0, 0.1) is 11.8 Å². The second-order valence-corrected chi connectivity index (χ2v) is 10.1. The number of ketones is 1. The number of benzene rings is 1. The molecule has 1 fully saturated rings. The molecule has 0 radical (unpaired) electrons. The van der Waals surface area contributed by atoms with Crippen LogP contribution in [0.25, 0.3) is 11.3 Å². The number of carbonyl (C=O) groups excluding carboxylic acids is 1. The van der Waals surface area contributed by atoms with E-state index in [1.54, 1.807) is 7.11 Å². The van der Waals surface area contributed by atoms with Gasteiger partial charge >= 0.3 is 0 Å². The number of nitrogens with zero attached hydrogens (tertiary/aromatic N) is 1. The first-order valence-electron chi connectivity index (χ1n) is 12.5. The van der Waals surface area contributed by atoms with Gasteiger partial charge in [0.15, 0.2) is 17.8 Å². The van der Waals surface area contributed by atoms with Crippen LogP contribution in [0.4, 0.5) is 0 Å². The van der Waals surface area contributed by atoms with Crippen molar-refractivity contribution < 1.29 is 23.5 Å². The van der Waals surface area contributed by atoms with Crippen LogP contribution in [-0.2, 0) is 9.47 Å². The lowest BCUT2D eigenvalue weighted by molar-refractivity contribution is -0.183. The lowest BCUT2D eigenvalue weighted by Gasteiger charge is -2.33. The summed E-state index contributed by atoms with van der Waals surface area (Å²) in [5, 5.41) is 4.49. The zero-order valence-corrected chi connectivity index (χ0v) is 21.7. The molecule has 4 rings (SSSR count). The minimum atomic E-state index is -0.581. The Morgan fingerprint density at radius 1 is 1.06 bits per heavy atom. The number of fused-ring (bicyclic) bond motifs is 1. The summed E-state index contributed by atoms with van der Waals surface area (Å²) in [6.07, 6.45) is 6.16. The zero-order chi connectivity index (χ0) is 25.1. The molecule has 0 N–H and O–H groups in total. The van der Waals surface area contributed by atoms with E-state index in [0.717, 1.165) is 24.0 Å². The Labute approximate surface area is 208 Å². The SMILES string of the molecule is COc1cccc(-c2noc3c2C(=O)C(CC=C(C)C)C(C)C3CC=C(C)C)c1C1OCCCO1. The van der Waals surface area contributed by atoms with Gasteiger partial charge in [-0.2, -0.15) is 0 Å². The normalized spacial score (nSPS) is 22.5. The van der Waals surface area contributed by atoms with Gasteiger partial charge in [-0.3, -0.25) is 4.79 Å². The van der Waals surface area contributed by atoms with E-state index in [9.17, 15) is 4.79 Å².